The Balaban J connectivity index is 2.34. The first-order chi connectivity index (χ1) is 9.98. The van der Waals surface area contributed by atoms with Crippen molar-refractivity contribution in [3.63, 3.8) is 0 Å². The maximum absolute atomic E-state index is 12.6. The SMILES string of the molecule is COc1cc(CO)ccc1S(=O)(=O)N(C)Cc1ccoc1. The van der Waals surface area contributed by atoms with Crippen LogP contribution >= 0.6 is 0 Å². The van der Waals surface area contributed by atoms with Gasteiger partial charge in [0.05, 0.1) is 26.2 Å². The van der Waals surface area contributed by atoms with Crippen molar-refractivity contribution in [3.8, 4) is 5.75 Å². The van der Waals surface area contributed by atoms with Crippen molar-refractivity contribution in [2.24, 2.45) is 0 Å². The molecule has 2 aromatic rings. The van der Waals surface area contributed by atoms with Gasteiger partial charge in [-0.05, 0) is 23.8 Å². The number of aliphatic hydroxyl groups is 1. The van der Waals surface area contributed by atoms with E-state index in [1.807, 2.05) is 0 Å². The van der Waals surface area contributed by atoms with E-state index in [0.717, 1.165) is 5.56 Å². The molecular formula is C14H17NO5S. The van der Waals surface area contributed by atoms with Crippen LogP contribution in [0, 0.1) is 0 Å². The second-order valence-corrected chi connectivity index (χ2v) is 6.55. The molecule has 0 aliphatic heterocycles. The summed E-state index contributed by atoms with van der Waals surface area (Å²) in [6, 6.07) is 6.21. The molecule has 0 spiro atoms. The van der Waals surface area contributed by atoms with Gasteiger partial charge in [-0.1, -0.05) is 6.07 Å². The van der Waals surface area contributed by atoms with Crippen LogP contribution in [0.15, 0.2) is 46.1 Å². The third-order valence-electron chi connectivity index (χ3n) is 3.08. The zero-order valence-electron chi connectivity index (χ0n) is 11.8. The Kier molecular flexibility index (Phi) is 4.66. The highest BCUT2D eigenvalue weighted by molar-refractivity contribution is 7.89. The van der Waals surface area contributed by atoms with Crippen LogP contribution < -0.4 is 4.74 Å². The summed E-state index contributed by atoms with van der Waals surface area (Å²) >= 11 is 0. The fourth-order valence-corrected chi connectivity index (χ4v) is 3.21. The number of furan rings is 1. The van der Waals surface area contributed by atoms with Gasteiger partial charge in [0.1, 0.15) is 10.6 Å². The van der Waals surface area contributed by atoms with Crippen LogP contribution in [-0.2, 0) is 23.2 Å². The van der Waals surface area contributed by atoms with Crippen LogP contribution in [0.2, 0.25) is 0 Å². The molecule has 1 N–H and O–H groups in total. The number of hydrogen-bond acceptors (Lipinski definition) is 5. The van der Waals surface area contributed by atoms with E-state index in [1.54, 1.807) is 12.1 Å². The van der Waals surface area contributed by atoms with E-state index < -0.39 is 10.0 Å². The summed E-state index contributed by atoms with van der Waals surface area (Å²) in [5.41, 5.74) is 1.34. The number of methoxy groups -OCH3 is 1. The fraction of sp³-hybridized carbons (Fsp3) is 0.286. The number of rotatable bonds is 6. The van der Waals surface area contributed by atoms with Gasteiger partial charge in [-0.2, -0.15) is 4.31 Å². The first kappa shape index (κ1) is 15.6. The third-order valence-corrected chi connectivity index (χ3v) is 4.93. The summed E-state index contributed by atoms with van der Waals surface area (Å²) in [6.45, 7) is 0.0191. The molecule has 0 aliphatic rings. The van der Waals surface area contributed by atoms with Crippen LogP contribution in [0.1, 0.15) is 11.1 Å². The minimum Gasteiger partial charge on any atom is -0.495 e. The highest BCUT2D eigenvalue weighted by atomic mass is 32.2. The number of aliphatic hydroxyl groups excluding tert-OH is 1. The lowest BCUT2D eigenvalue weighted by Gasteiger charge is -2.18. The highest BCUT2D eigenvalue weighted by Crippen LogP contribution is 2.28. The van der Waals surface area contributed by atoms with E-state index in [9.17, 15) is 8.42 Å². The van der Waals surface area contributed by atoms with Crippen LogP contribution in [0.5, 0.6) is 5.75 Å². The molecule has 6 nitrogen and oxygen atoms in total. The van der Waals surface area contributed by atoms with E-state index in [1.165, 1.54) is 43.1 Å². The summed E-state index contributed by atoms with van der Waals surface area (Å²) in [5.74, 6) is 0.209. The van der Waals surface area contributed by atoms with Crippen molar-refractivity contribution >= 4 is 10.0 Å². The molecule has 1 aromatic heterocycles. The Labute approximate surface area is 123 Å². The van der Waals surface area contributed by atoms with Gasteiger partial charge >= 0.3 is 0 Å². The van der Waals surface area contributed by atoms with E-state index in [4.69, 9.17) is 14.3 Å². The molecule has 1 heterocycles. The maximum atomic E-state index is 12.6. The van der Waals surface area contributed by atoms with Gasteiger partial charge in [0.25, 0.3) is 0 Å². The summed E-state index contributed by atoms with van der Waals surface area (Å²) < 4.78 is 36.5. The van der Waals surface area contributed by atoms with Crippen molar-refractivity contribution < 1.29 is 22.7 Å². The summed E-state index contributed by atoms with van der Waals surface area (Å²) in [6.07, 6.45) is 2.99. The number of sulfonamides is 1. The first-order valence-electron chi connectivity index (χ1n) is 6.24. The Hall–Kier alpha value is -1.83. The molecule has 0 unspecified atom stereocenters. The Morgan fingerprint density at radius 1 is 1.29 bits per heavy atom. The van der Waals surface area contributed by atoms with Crippen LogP contribution in [0.4, 0.5) is 0 Å². The molecule has 7 heteroatoms. The van der Waals surface area contributed by atoms with Gasteiger partial charge in [-0.3, -0.25) is 0 Å². The van der Waals surface area contributed by atoms with Gasteiger partial charge < -0.3 is 14.3 Å². The lowest BCUT2D eigenvalue weighted by molar-refractivity contribution is 0.280. The van der Waals surface area contributed by atoms with Crippen LogP contribution in [0.25, 0.3) is 0 Å². The molecule has 0 radical (unpaired) electrons. The zero-order valence-corrected chi connectivity index (χ0v) is 12.6. The molecule has 0 saturated carbocycles. The lowest BCUT2D eigenvalue weighted by atomic mass is 10.2. The summed E-state index contributed by atoms with van der Waals surface area (Å²) in [7, 11) is -0.816. The predicted octanol–water partition coefficient (Wildman–Crippen LogP) is 1.60. The second-order valence-electron chi connectivity index (χ2n) is 4.54. The second kappa shape index (κ2) is 6.30. The van der Waals surface area contributed by atoms with Crippen LogP contribution in [-0.4, -0.2) is 32.0 Å². The number of benzene rings is 1. The van der Waals surface area contributed by atoms with Gasteiger partial charge in [0, 0.05) is 19.2 Å². The van der Waals surface area contributed by atoms with Gasteiger partial charge in [-0.15, -0.1) is 0 Å². The Morgan fingerprint density at radius 3 is 2.62 bits per heavy atom. The quantitative estimate of drug-likeness (QED) is 0.876. The molecular weight excluding hydrogens is 294 g/mol. The number of ether oxygens (including phenoxy) is 1. The molecule has 0 aliphatic carbocycles. The minimum atomic E-state index is -3.70. The van der Waals surface area contributed by atoms with Gasteiger partial charge in [0.2, 0.25) is 10.0 Å². The van der Waals surface area contributed by atoms with E-state index >= 15 is 0 Å². The molecule has 21 heavy (non-hydrogen) atoms. The Bertz CT molecular complexity index is 694. The highest BCUT2D eigenvalue weighted by Gasteiger charge is 2.25. The van der Waals surface area contributed by atoms with Crippen LogP contribution in [0.3, 0.4) is 0 Å². The van der Waals surface area contributed by atoms with Crippen molar-refractivity contribution in [2.45, 2.75) is 18.0 Å². The van der Waals surface area contributed by atoms with E-state index in [0.29, 0.717) is 5.56 Å². The predicted molar refractivity (Wildman–Crippen MR) is 76.3 cm³/mol. The third kappa shape index (κ3) is 3.26. The molecule has 0 fully saturated rings. The van der Waals surface area contributed by atoms with Gasteiger partial charge in [-0.25, -0.2) is 8.42 Å². The van der Waals surface area contributed by atoms with Crippen molar-refractivity contribution in [3.05, 3.63) is 47.9 Å². The molecule has 0 saturated heterocycles. The largest absolute Gasteiger partial charge is 0.495 e. The van der Waals surface area contributed by atoms with Crippen molar-refractivity contribution in [1.29, 1.82) is 0 Å². The van der Waals surface area contributed by atoms with E-state index in [2.05, 4.69) is 0 Å². The molecule has 0 bridgehead atoms. The molecule has 114 valence electrons. The average Bonchev–Trinajstić information content (AvgIpc) is 2.99. The molecule has 0 amide bonds. The molecule has 0 atom stereocenters. The maximum Gasteiger partial charge on any atom is 0.246 e. The lowest BCUT2D eigenvalue weighted by Crippen LogP contribution is -2.26. The normalized spacial score (nSPS) is 11.8. The smallest absolute Gasteiger partial charge is 0.246 e. The first-order valence-corrected chi connectivity index (χ1v) is 7.68. The average molecular weight is 311 g/mol. The summed E-state index contributed by atoms with van der Waals surface area (Å²) in [4.78, 5) is 0.0631. The van der Waals surface area contributed by atoms with Gasteiger partial charge in [0.15, 0.2) is 0 Å². The van der Waals surface area contributed by atoms with Crippen molar-refractivity contribution in [1.82, 2.24) is 4.31 Å². The fourth-order valence-electron chi connectivity index (χ4n) is 1.92. The number of nitrogens with zero attached hydrogens (tertiary/aromatic N) is 1. The Morgan fingerprint density at radius 2 is 2.05 bits per heavy atom. The minimum absolute atomic E-state index is 0.0631. The van der Waals surface area contributed by atoms with Crippen molar-refractivity contribution in [2.75, 3.05) is 14.2 Å². The summed E-state index contributed by atoms with van der Waals surface area (Å²) in [5, 5.41) is 9.11. The monoisotopic (exact) mass is 311 g/mol. The topological polar surface area (TPSA) is 80.0 Å². The number of hydrogen-bond donors (Lipinski definition) is 1. The molecule has 1 aromatic carbocycles. The zero-order chi connectivity index (χ0) is 15.5. The standard InChI is InChI=1S/C14H17NO5S/c1-15(8-12-5-6-20-10-12)21(17,18)14-4-3-11(9-16)7-13(14)19-2/h3-7,10,16H,8-9H2,1-2H3. The van der Waals surface area contributed by atoms with E-state index in [-0.39, 0.29) is 23.8 Å². The molecule has 2 rings (SSSR count).